The molecule has 0 unspecified atom stereocenters. The third kappa shape index (κ3) is 22.9. The predicted molar refractivity (Wildman–Crippen MR) is 279 cm³/mol. The first-order valence-electron chi connectivity index (χ1n) is 27.0. The number of ether oxygens (including phenoxy) is 3. The van der Waals surface area contributed by atoms with Crippen molar-refractivity contribution < 1.29 is 19.0 Å². The Morgan fingerprint density at radius 1 is 0.424 bits per heavy atom. The molecule has 2 aromatic carbocycles. The number of aromatic nitrogens is 2. The van der Waals surface area contributed by atoms with E-state index in [4.69, 9.17) is 14.2 Å². The van der Waals surface area contributed by atoms with Crippen molar-refractivity contribution in [2.45, 2.75) is 213 Å². The number of rotatable bonds is 40. The Labute approximate surface area is 402 Å². The van der Waals surface area contributed by atoms with E-state index in [1.165, 1.54) is 154 Å². The molecule has 7 nitrogen and oxygen atoms in total. The Bertz CT molecular complexity index is 1710. The van der Waals surface area contributed by atoms with Gasteiger partial charge in [-0.1, -0.05) is 206 Å². The molecular weight excluding hydrogens is 815 g/mol. The summed E-state index contributed by atoms with van der Waals surface area (Å²) >= 11 is 0. The van der Waals surface area contributed by atoms with Crippen LogP contribution in [0.3, 0.4) is 0 Å². The van der Waals surface area contributed by atoms with Gasteiger partial charge in [-0.2, -0.15) is 0 Å². The molecule has 0 fully saturated rings. The van der Waals surface area contributed by atoms with Gasteiger partial charge in [0.15, 0.2) is 11.5 Å². The maximum Gasteiger partial charge on any atom is 0.255 e. The van der Waals surface area contributed by atoms with Gasteiger partial charge in [-0.05, 0) is 73.9 Å². The summed E-state index contributed by atoms with van der Waals surface area (Å²) in [5.74, 6) is 1.55. The van der Waals surface area contributed by atoms with Gasteiger partial charge in [0.1, 0.15) is 0 Å². The van der Waals surface area contributed by atoms with E-state index in [1.807, 2.05) is 60.7 Å². The molecule has 0 atom stereocenters. The number of anilines is 1. The molecule has 7 heteroatoms. The lowest BCUT2D eigenvalue weighted by Gasteiger charge is -2.19. The first-order chi connectivity index (χ1) is 32.6. The van der Waals surface area contributed by atoms with E-state index in [-0.39, 0.29) is 5.91 Å². The van der Waals surface area contributed by atoms with Crippen LogP contribution in [0.15, 0.2) is 79.1 Å². The van der Waals surface area contributed by atoms with Crippen molar-refractivity contribution in [3.63, 3.8) is 0 Å². The molecule has 0 aliphatic heterocycles. The van der Waals surface area contributed by atoms with Gasteiger partial charge in [-0.15, -0.1) is 0 Å². The zero-order valence-electron chi connectivity index (χ0n) is 41.9. The molecule has 1 amide bonds. The molecule has 0 bridgehead atoms. The van der Waals surface area contributed by atoms with Crippen molar-refractivity contribution in [1.82, 2.24) is 9.97 Å². The highest BCUT2D eigenvalue weighted by Gasteiger charge is 2.20. The standard InChI is InChI=1S/C59H89N3O4/c1-4-7-10-13-16-19-22-25-28-35-42-64-56-48-52(59(63)62-53-46-50(54-38-31-33-40-60-54)45-51(47-53)55-39-32-34-41-61-55)49-57(65-43-36-29-26-23-20-17-14-11-8-5-2)58(56)66-44-37-30-27-24-21-18-15-12-9-6-3/h31-34,38-41,45-49H,4-30,35-37,42-44H2,1-3H3,(H,62,63). The molecule has 2 aromatic heterocycles. The number of hydrogen-bond donors (Lipinski definition) is 1. The van der Waals surface area contributed by atoms with Crippen LogP contribution in [-0.2, 0) is 0 Å². The third-order valence-corrected chi connectivity index (χ3v) is 12.7. The lowest BCUT2D eigenvalue weighted by Crippen LogP contribution is -2.14. The van der Waals surface area contributed by atoms with Crippen LogP contribution >= 0.6 is 0 Å². The minimum absolute atomic E-state index is 0.242. The van der Waals surface area contributed by atoms with Crippen LogP contribution in [-0.4, -0.2) is 35.7 Å². The van der Waals surface area contributed by atoms with Gasteiger partial charge in [0.05, 0.1) is 31.2 Å². The predicted octanol–water partition coefficient (Wildman–Crippen LogP) is 18.0. The number of nitrogens with one attached hydrogen (secondary N) is 1. The normalized spacial score (nSPS) is 11.2. The fourth-order valence-electron chi connectivity index (χ4n) is 8.64. The second kappa shape index (κ2) is 35.8. The zero-order valence-corrected chi connectivity index (χ0v) is 41.9. The molecule has 4 rings (SSSR count). The summed E-state index contributed by atoms with van der Waals surface area (Å²) in [7, 11) is 0. The molecule has 0 aliphatic rings. The van der Waals surface area contributed by atoms with Gasteiger partial charge >= 0.3 is 0 Å². The number of unbranched alkanes of at least 4 members (excludes halogenated alkanes) is 27. The fraction of sp³-hybridized carbons (Fsp3) is 0.610. The van der Waals surface area contributed by atoms with E-state index in [9.17, 15) is 4.79 Å². The lowest BCUT2D eigenvalue weighted by molar-refractivity contribution is 0.102. The molecule has 4 aromatic rings. The number of pyridine rings is 2. The Morgan fingerprint density at radius 2 is 0.773 bits per heavy atom. The minimum atomic E-state index is -0.242. The Hall–Kier alpha value is -4.39. The topological polar surface area (TPSA) is 82.6 Å². The van der Waals surface area contributed by atoms with Crippen LogP contribution in [0.5, 0.6) is 17.2 Å². The largest absolute Gasteiger partial charge is 0.490 e. The van der Waals surface area contributed by atoms with Crippen LogP contribution in [0.25, 0.3) is 22.5 Å². The number of benzene rings is 2. The number of hydrogen-bond acceptors (Lipinski definition) is 6. The highest BCUT2D eigenvalue weighted by Crippen LogP contribution is 2.40. The van der Waals surface area contributed by atoms with E-state index in [2.05, 4.69) is 42.1 Å². The van der Waals surface area contributed by atoms with E-state index in [0.717, 1.165) is 61.0 Å². The van der Waals surface area contributed by atoms with E-state index < -0.39 is 0 Å². The molecule has 2 heterocycles. The van der Waals surface area contributed by atoms with Gasteiger partial charge < -0.3 is 19.5 Å². The maximum absolute atomic E-state index is 14.4. The van der Waals surface area contributed by atoms with Crippen LogP contribution in [0.2, 0.25) is 0 Å². The van der Waals surface area contributed by atoms with Crippen molar-refractivity contribution in [3.8, 4) is 39.8 Å². The number of carbonyl (C=O) groups excluding carboxylic acids is 1. The SMILES string of the molecule is CCCCCCCCCCCCOc1cc(C(=O)Nc2cc(-c3ccccn3)cc(-c3ccccn3)c2)cc(OCCCCCCCCCCCC)c1OCCCCCCCCCCCC. The third-order valence-electron chi connectivity index (χ3n) is 12.7. The summed E-state index contributed by atoms with van der Waals surface area (Å²) in [6.45, 7) is 8.54. The monoisotopic (exact) mass is 904 g/mol. The molecule has 0 spiro atoms. The van der Waals surface area contributed by atoms with Crippen molar-refractivity contribution in [2.75, 3.05) is 25.1 Å². The van der Waals surface area contributed by atoms with E-state index in [1.54, 1.807) is 12.4 Å². The Morgan fingerprint density at radius 3 is 1.12 bits per heavy atom. The Kier molecular flexibility index (Phi) is 29.4. The van der Waals surface area contributed by atoms with Crippen LogP contribution in [0.1, 0.15) is 224 Å². The average molecular weight is 904 g/mol. The molecule has 0 saturated carbocycles. The molecule has 0 aliphatic carbocycles. The second-order valence-electron chi connectivity index (χ2n) is 18.6. The Balaban J connectivity index is 1.50. The van der Waals surface area contributed by atoms with E-state index >= 15 is 0 Å². The first-order valence-corrected chi connectivity index (χ1v) is 27.0. The van der Waals surface area contributed by atoms with Gasteiger partial charge in [0, 0.05) is 34.8 Å². The number of nitrogens with zero attached hydrogens (tertiary/aromatic N) is 2. The van der Waals surface area contributed by atoms with Gasteiger partial charge in [0.2, 0.25) is 5.75 Å². The summed E-state index contributed by atoms with van der Waals surface area (Å²) < 4.78 is 19.8. The molecule has 1 N–H and O–H groups in total. The molecule has 66 heavy (non-hydrogen) atoms. The van der Waals surface area contributed by atoms with Gasteiger partial charge in [-0.25, -0.2) is 0 Å². The van der Waals surface area contributed by atoms with Gasteiger partial charge in [0.25, 0.3) is 5.91 Å². The van der Waals surface area contributed by atoms with Crippen molar-refractivity contribution in [2.24, 2.45) is 0 Å². The average Bonchev–Trinajstić information content (AvgIpc) is 3.34. The van der Waals surface area contributed by atoms with Crippen molar-refractivity contribution in [1.29, 1.82) is 0 Å². The van der Waals surface area contributed by atoms with Crippen LogP contribution < -0.4 is 19.5 Å². The smallest absolute Gasteiger partial charge is 0.255 e. The number of amides is 1. The lowest BCUT2D eigenvalue weighted by atomic mass is 10.0. The van der Waals surface area contributed by atoms with Crippen LogP contribution in [0, 0.1) is 0 Å². The number of carbonyl (C=O) groups is 1. The molecule has 0 radical (unpaired) electrons. The summed E-state index contributed by atoms with van der Waals surface area (Å²) in [6.07, 6.45) is 41.4. The highest BCUT2D eigenvalue weighted by atomic mass is 16.5. The quantitative estimate of drug-likeness (QED) is 0.0448. The summed E-state index contributed by atoms with van der Waals surface area (Å²) in [4.78, 5) is 23.6. The fourth-order valence-corrected chi connectivity index (χ4v) is 8.64. The zero-order chi connectivity index (χ0) is 46.5. The van der Waals surface area contributed by atoms with Crippen molar-refractivity contribution >= 4 is 11.6 Å². The summed E-state index contributed by atoms with van der Waals surface area (Å²) in [6, 6.07) is 21.5. The highest BCUT2D eigenvalue weighted by molar-refractivity contribution is 6.05. The van der Waals surface area contributed by atoms with Gasteiger partial charge in [-0.3, -0.25) is 14.8 Å². The summed E-state index contributed by atoms with van der Waals surface area (Å²) in [5, 5.41) is 3.22. The molecule has 0 saturated heterocycles. The van der Waals surface area contributed by atoms with Crippen molar-refractivity contribution in [3.05, 3.63) is 84.7 Å². The maximum atomic E-state index is 14.4. The minimum Gasteiger partial charge on any atom is -0.490 e. The van der Waals surface area contributed by atoms with E-state index in [0.29, 0.717) is 48.3 Å². The second-order valence-corrected chi connectivity index (χ2v) is 18.6. The summed E-state index contributed by atoms with van der Waals surface area (Å²) in [5.41, 5.74) is 4.56. The first kappa shape index (κ1) is 54.2. The molecule has 364 valence electrons. The molecular formula is C59H89N3O4. The van der Waals surface area contributed by atoms with Crippen LogP contribution in [0.4, 0.5) is 5.69 Å².